The molecule has 0 N–H and O–H groups in total. The summed E-state index contributed by atoms with van der Waals surface area (Å²) in [5, 5.41) is 0. The predicted molar refractivity (Wildman–Crippen MR) is 31.8 cm³/mol. The van der Waals surface area contributed by atoms with Crippen LogP contribution >= 0.6 is 0 Å². The zero-order valence-electron chi connectivity index (χ0n) is 5.30. The average Bonchev–Trinajstić information content (AvgIpc) is 2.35. The van der Waals surface area contributed by atoms with E-state index in [1.54, 1.807) is 0 Å². The number of carbonyl (C=O) groups excluding carboxylic acids is 1. The average molecular weight is 126 g/mol. The van der Waals surface area contributed by atoms with Crippen LogP contribution in [0.2, 0.25) is 0 Å². The van der Waals surface area contributed by atoms with E-state index in [1.165, 1.54) is 12.8 Å². The third-order valence-electron chi connectivity index (χ3n) is 2.40. The summed E-state index contributed by atoms with van der Waals surface area (Å²) in [5.74, 6) is 0.917. The van der Waals surface area contributed by atoms with E-state index in [0.717, 1.165) is 6.42 Å². The van der Waals surface area contributed by atoms with Gasteiger partial charge in [-0.2, -0.15) is 0 Å². The maximum Gasteiger partial charge on any atom is 0.309 e. The van der Waals surface area contributed by atoms with Crippen molar-refractivity contribution < 1.29 is 9.53 Å². The lowest BCUT2D eigenvalue weighted by atomic mass is 10.0. The monoisotopic (exact) mass is 126 g/mol. The van der Waals surface area contributed by atoms with Crippen molar-refractivity contribution >= 4 is 5.97 Å². The number of fused-ring (bicyclic) bond motifs is 1. The molecule has 0 aromatic carbocycles. The van der Waals surface area contributed by atoms with Gasteiger partial charge in [0.15, 0.2) is 0 Å². The summed E-state index contributed by atoms with van der Waals surface area (Å²) >= 11 is 0. The molecule has 2 fully saturated rings. The zero-order valence-corrected chi connectivity index (χ0v) is 5.30. The summed E-state index contributed by atoms with van der Waals surface area (Å²) < 4.78 is 4.88. The van der Waals surface area contributed by atoms with E-state index in [1.807, 2.05) is 0 Å². The Morgan fingerprint density at radius 2 is 2.33 bits per heavy atom. The van der Waals surface area contributed by atoms with Crippen molar-refractivity contribution in [3.05, 3.63) is 0 Å². The SMILES string of the molecule is O=C1OC[C@H]2CCC[C@H]12. The maximum absolute atomic E-state index is 10.8. The number of ether oxygens (including phenoxy) is 1. The highest BCUT2D eigenvalue weighted by atomic mass is 16.5. The van der Waals surface area contributed by atoms with Crippen LogP contribution in [-0.4, -0.2) is 12.6 Å². The van der Waals surface area contributed by atoms with Crippen LogP contribution < -0.4 is 0 Å². The topological polar surface area (TPSA) is 26.3 Å². The molecule has 0 spiro atoms. The minimum Gasteiger partial charge on any atom is -0.465 e. The summed E-state index contributed by atoms with van der Waals surface area (Å²) in [6.45, 7) is 0.698. The molecule has 1 saturated carbocycles. The molecule has 0 radical (unpaired) electrons. The van der Waals surface area contributed by atoms with Gasteiger partial charge in [0.2, 0.25) is 0 Å². The van der Waals surface area contributed by atoms with Gasteiger partial charge in [0.05, 0.1) is 12.5 Å². The van der Waals surface area contributed by atoms with Crippen molar-refractivity contribution in [3.8, 4) is 0 Å². The highest BCUT2D eigenvalue weighted by Gasteiger charge is 2.39. The van der Waals surface area contributed by atoms with Crippen LogP contribution in [0.1, 0.15) is 19.3 Å². The van der Waals surface area contributed by atoms with Gasteiger partial charge in [0.25, 0.3) is 0 Å². The molecule has 9 heavy (non-hydrogen) atoms. The lowest BCUT2D eigenvalue weighted by Gasteiger charge is -1.97. The zero-order chi connectivity index (χ0) is 6.27. The summed E-state index contributed by atoms with van der Waals surface area (Å²) in [6.07, 6.45) is 3.50. The van der Waals surface area contributed by atoms with Gasteiger partial charge >= 0.3 is 5.97 Å². The normalized spacial score (nSPS) is 40.7. The Kier molecular flexibility index (Phi) is 1.01. The van der Waals surface area contributed by atoms with E-state index < -0.39 is 0 Å². The smallest absolute Gasteiger partial charge is 0.309 e. The fourth-order valence-corrected chi connectivity index (χ4v) is 1.84. The minimum atomic E-state index is 0.0532. The molecule has 1 saturated heterocycles. The van der Waals surface area contributed by atoms with Crippen LogP contribution in [0, 0.1) is 11.8 Å². The summed E-state index contributed by atoms with van der Waals surface area (Å²) in [7, 11) is 0. The number of esters is 1. The van der Waals surface area contributed by atoms with E-state index in [4.69, 9.17) is 4.74 Å². The first-order chi connectivity index (χ1) is 4.38. The molecule has 1 aliphatic heterocycles. The molecule has 2 aliphatic rings. The molecule has 2 rings (SSSR count). The third-order valence-corrected chi connectivity index (χ3v) is 2.40. The number of hydrogen-bond donors (Lipinski definition) is 0. The second kappa shape index (κ2) is 1.72. The lowest BCUT2D eigenvalue weighted by molar-refractivity contribution is -0.141. The molecule has 0 aromatic heterocycles. The van der Waals surface area contributed by atoms with Gasteiger partial charge in [-0.15, -0.1) is 0 Å². The van der Waals surface area contributed by atoms with E-state index >= 15 is 0 Å². The molecule has 0 amide bonds. The van der Waals surface area contributed by atoms with Crippen LogP contribution in [0.3, 0.4) is 0 Å². The Hall–Kier alpha value is -0.530. The number of hydrogen-bond acceptors (Lipinski definition) is 2. The van der Waals surface area contributed by atoms with Crippen LogP contribution in [0.5, 0.6) is 0 Å². The number of carbonyl (C=O) groups is 1. The molecule has 1 aliphatic carbocycles. The molecule has 2 nitrogen and oxygen atoms in total. The lowest BCUT2D eigenvalue weighted by Crippen LogP contribution is -2.07. The maximum atomic E-state index is 10.8. The highest BCUT2D eigenvalue weighted by Crippen LogP contribution is 2.36. The van der Waals surface area contributed by atoms with Gasteiger partial charge in [-0.1, -0.05) is 6.42 Å². The molecule has 0 aromatic rings. The van der Waals surface area contributed by atoms with Crippen LogP contribution in [0.25, 0.3) is 0 Å². The van der Waals surface area contributed by atoms with E-state index in [9.17, 15) is 4.79 Å². The molecule has 1 heterocycles. The van der Waals surface area contributed by atoms with Gasteiger partial charge in [-0.25, -0.2) is 0 Å². The first-order valence-corrected chi connectivity index (χ1v) is 3.54. The predicted octanol–water partition coefficient (Wildman–Crippen LogP) is 0.960. The molecular formula is C7H10O2. The molecule has 0 unspecified atom stereocenters. The van der Waals surface area contributed by atoms with Gasteiger partial charge in [-0.05, 0) is 12.8 Å². The van der Waals surface area contributed by atoms with Gasteiger partial charge in [0, 0.05) is 5.92 Å². The summed E-state index contributed by atoms with van der Waals surface area (Å²) in [5.41, 5.74) is 0. The second-order valence-corrected chi connectivity index (χ2v) is 2.93. The fourth-order valence-electron chi connectivity index (χ4n) is 1.84. The van der Waals surface area contributed by atoms with Crippen molar-refractivity contribution in [2.24, 2.45) is 11.8 Å². The van der Waals surface area contributed by atoms with Crippen molar-refractivity contribution in [1.82, 2.24) is 0 Å². The van der Waals surface area contributed by atoms with Gasteiger partial charge < -0.3 is 4.74 Å². The molecular weight excluding hydrogens is 116 g/mol. The Morgan fingerprint density at radius 1 is 1.44 bits per heavy atom. The number of cyclic esters (lactones) is 1. The van der Waals surface area contributed by atoms with Crippen LogP contribution in [0.4, 0.5) is 0 Å². The summed E-state index contributed by atoms with van der Waals surface area (Å²) in [6, 6.07) is 0. The van der Waals surface area contributed by atoms with E-state index in [2.05, 4.69) is 0 Å². The molecule has 2 atom stereocenters. The Bertz CT molecular complexity index is 142. The molecule has 50 valence electrons. The third kappa shape index (κ3) is 0.655. The first-order valence-electron chi connectivity index (χ1n) is 3.54. The fraction of sp³-hybridized carbons (Fsp3) is 0.857. The molecule has 0 bridgehead atoms. The van der Waals surface area contributed by atoms with E-state index in [0.29, 0.717) is 12.5 Å². The quantitative estimate of drug-likeness (QED) is 0.452. The van der Waals surface area contributed by atoms with Crippen molar-refractivity contribution in [2.45, 2.75) is 19.3 Å². The highest BCUT2D eigenvalue weighted by molar-refractivity contribution is 5.75. The Balaban J connectivity index is 2.15. The van der Waals surface area contributed by atoms with Gasteiger partial charge in [-0.3, -0.25) is 4.79 Å². The molecule has 2 heteroatoms. The van der Waals surface area contributed by atoms with Gasteiger partial charge in [0.1, 0.15) is 0 Å². The Morgan fingerprint density at radius 3 is 3.11 bits per heavy atom. The van der Waals surface area contributed by atoms with Crippen molar-refractivity contribution in [1.29, 1.82) is 0 Å². The largest absolute Gasteiger partial charge is 0.465 e. The first kappa shape index (κ1) is 5.27. The standard InChI is InChI=1S/C7H10O2/c8-7-6-3-1-2-5(6)4-9-7/h5-6H,1-4H2/t5-,6+/m1/s1. The number of rotatable bonds is 0. The summed E-state index contributed by atoms with van der Waals surface area (Å²) in [4.78, 5) is 10.8. The van der Waals surface area contributed by atoms with Crippen LogP contribution in [0.15, 0.2) is 0 Å². The van der Waals surface area contributed by atoms with E-state index in [-0.39, 0.29) is 11.9 Å². The van der Waals surface area contributed by atoms with Crippen molar-refractivity contribution in [2.75, 3.05) is 6.61 Å². The Labute approximate surface area is 54.2 Å². The van der Waals surface area contributed by atoms with Crippen molar-refractivity contribution in [3.63, 3.8) is 0 Å². The minimum absolute atomic E-state index is 0.0532. The second-order valence-electron chi connectivity index (χ2n) is 2.93. The van der Waals surface area contributed by atoms with Crippen LogP contribution in [-0.2, 0) is 9.53 Å².